The minimum atomic E-state index is -0.989. The van der Waals surface area contributed by atoms with Crippen molar-refractivity contribution in [3.8, 4) is 0 Å². The highest BCUT2D eigenvalue weighted by Crippen LogP contribution is 2.37. The summed E-state index contributed by atoms with van der Waals surface area (Å²) in [4.78, 5) is 14.6. The topological polar surface area (TPSA) is 42.0 Å². The molecule has 2 rings (SSSR count). The Bertz CT molecular complexity index is 418. The van der Waals surface area contributed by atoms with Crippen molar-refractivity contribution in [3.05, 3.63) is 24.0 Å². The van der Waals surface area contributed by atoms with Crippen LogP contribution in [0.4, 0.5) is 14.5 Å². The number of pyridine rings is 1. The van der Waals surface area contributed by atoms with Gasteiger partial charge in [0.1, 0.15) is 0 Å². The number of carbonyl (C=O) groups excluding carboxylic acids is 1. The average molecular weight is 226 g/mol. The molecule has 0 spiro atoms. The zero-order valence-corrected chi connectivity index (χ0v) is 8.84. The fraction of sp³-hybridized carbons (Fsp3) is 0.455. The molecule has 1 fully saturated rings. The number of hydrogen-bond acceptors (Lipinski definition) is 2. The van der Waals surface area contributed by atoms with E-state index in [1.54, 1.807) is 0 Å². The number of anilines is 1. The molecule has 1 aliphatic rings. The van der Waals surface area contributed by atoms with Gasteiger partial charge in [0, 0.05) is 5.92 Å². The van der Waals surface area contributed by atoms with Crippen molar-refractivity contribution in [1.82, 2.24) is 4.98 Å². The van der Waals surface area contributed by atoms with E-state index < -0.39 is 11.9 Å². The lowest BCUT2D eigenvalue weighted by atomic mass is 10.1. The van der Waals surface area contributed by atoms with Crippen LogP contribution in [0.2, 0.25) is 0 Å². The molecular weight excluding hydrogens is 214 g/mol. The van der Waals surface area contributed by atoms with Crippen LogP contribution in [-0.4, -0.2) is 10.9 Å². The molecule has 1 N–H and O–H groups in total. The van der Waals surface area contributed by atoms with Gasteiger partial charge in [0.2, 0.25) is 17.8 Å². The zero-order chi connectivity index (χ0) is 11.7. The van der Waals surface area contributed by atoms with Crippen molar-refractivity contribution in [2.75, 3.05) is 5.32 Å². The molecule has 1 aliphatic carbocycles. The standard InChI is InChI=1S/C11H12F2N2O/c1-6(7-2-3-7)11(16)14-8-4-5-9(12)15-10(8)13/h4-7H,2-3H2,1H3,(H,14,16). The van der Waals surface area contributed by atoms with Crippen LogP contribution in [0.25, 0.3) is 0 Å². The van der Waals surface area contributed by atoms with Crippen LogP contribution in [0, 0.1) is 23.7 Å². The number of halogens is 2. The monoisotopic (exact) mass is 226 g/mol. The Kier molecular flexibility index (Phi) is 2.85. The first-order chi connectivity index (χ1) is 7.58. The van der Waals surface area contributed by atoms with Crippen LogP contribution in [0.5, 0.6) is 0 Å². The normalized spacial score (nSPS) is 16.9. The van der Waals surface area contributed by atoms with Crippen molar-refractivity contribution in [3.63, 3.8) is 0 Å². The highest BCUT2D eigenvalue weighted by atomic mass is 19.1. The van der Waals surface area contributed by atoms with Crippen LogP contribution in [0.15, 0.2) is 12.1 Å². The van der Waals surface area contributed by atoms with Gasteiger partial charge >= 0.3 is 0 Å². The summed E-state index contributed by atoms with van der Waals surface area (Å²) in [6, 6.07) is 2.19. The molecule has 5 heteroatoms. The predicted molar refractivity (Wildman–Crippen MR) is 54.7 cm³/mol. The molecule has 16 heavy (non-hydrogen) atoms. The van der Waals surface area contributed by atoms with E-state index in [4.69, 9.17) is 0 Å². The molecule has 3 nitrogen and oxygen atoms in total. The molecular formula is C11H12F2N2O. The summed E-state index contributed by atoms with van der Waals surface area (Å²) in [6.07, 6.45) is 2.08. The Morgan fingerprint density at radius 3 is 2.75 bits per heavy atom. The lowest BCUT2D eigenvalue weighted by Crippen LogP contribution is -2.22. The first-order valence-electron chi connectivity index (χ1n) is 5.21. The van der Waals surface area contributed by atoms with Gasteiger partial charge in [-0.25, -0.2) is 0 Å². The molecule has 1 atom stereocenters. The lowest BCUT2D eigenvalue weighted by Gasteiger charge is -2.10. The lowest BCUT2D eigenvalue weighted by molar-refractivity contribution is -0.119. The van der Waals surface area contributed by atoms with Crippen molar-refractivity contribution in [1.29, 1.82) is 0 Å². The van der Waals surface area contributed by atoms with Gasteiger partial charge in [0.15, 0.2) is 0 Å². The van der Waals surface area contributed by atoms with Crippen molar-refractivity contribution >= 4 is 11.6 Å². The third-order valence-electron chi connectivity index (χ3n) is 2.82. The molecule has 1 saturated carbocycles. The van der Waals surface area contributed by atoms with E-state index in [-0.39, 0.29) is 17.5 Å². The summed E-state index contributed by atoms with van der Waals surface area (Å²) in [5.41, 5.74) is -0.0705. The van der Waals surface area contributed by atoms with Gasteiger partial charge in [-0.3, -0.25) is 4.79 Å². The summed E-state index contributed by atoms with van der Waals surface area (Å²) in [6.45, 7) is 1.81. The Balaban J connectivity index is 2.05. The minimum absolute atomic E-state index is 0.0705. The Morgan fingerprint density at radius 1 is 1.50 bits per heavy atom. The Hall–Kier alpha value is -1.52. The fourth-order valence-electron chi connectivity index (χ4n) is 1.56. The van der Waals surface area contributed by atoms with Crippen LogP contribution in [0.3, 0.4) is 0 Å². The van der Waals surface area contributed by atoms with E-state index in [1.807, 2.05) is 6.92 Å². The largest absolute Gasteiger partial charge is 0.322 e. The summed E-state index contributed by atoms with van der Waals surface area (Å²) in [7, 11) is 0. The van der Waals surface area contributed by atoms with E-state index in [9.17, 15) is 13.6 Å². The second-order valence-electron chi connectivity index (χ2n) is 4.09. The van der Waals surface area contributed by atoms with Crippen LogP contribution in [-0.2, 0) is 4.79 Å². The Morgan fingerprint density at radius 2 is 2.19 bits per heavy atom. The SMILES string of the molecule is CC(C(=O)Nc1ccc(F)nc1F)C1CC1. The number of aromatic nitrogens is 1. The molecule has 86 valence electrons. The first kappa shape index (κ1) is 11.0. The average Bonchev–Trinajstić information content (AvgIpc) is 3.04. The van der Waals surface area contributed by atoms with Gasteiger partial charge in [-0.05, 0) is 30.9 Å². The maximum atomic E-state index is 13.1. The molecule has 1 aromatic heterocycles. The van der Waals surface area contributed by atoms with Crippen molar-refractivity contribution in [2.45, 2.75) is 19.8 Å². The molecule has 1 amide bonds. The zero-order valence-electron chi connectivity index (χ0n) is 8.84. The van der Waals surface area contributed by atoms with Gasteiger partial charge in [0.05, 0.1) is 5.69 Å². The van der Waals surface area contributed by atoms with E-state index in [0.29, 0.717) is 5.92 Å². The predicted octanol–water partition coefficient (Wildman–Crippen LogP) is 2.34. The number of hydrogen-bond donors (Lipinski definition) is 1. The van der Waals surface area contributed by atoms with Crippen LogP contribution in [0.1, 0.15) is 19.8 Å². The number of carbonyl (C=O) groups is 1. The number of rotatable bonds is 3. The van der Waals surface area contributed by atoms with Crippen molar-refractivity contribution < 1.29 is 13.6 Å². The van der Waals surface area contributed by atoms with E-state index in [1.165, 1.54) is 6.07 Å². The quantitative estimate of drug-likeness (QED) is 0.804. The maximum absolute atomic E-state index is 13.1. The van der Waals surface area contributed by atoms with Gasteiger partial charge in [-0.1, -0.05) is 6.92 Å². The van der Waals surface area contributed by atoms with E-state index in [2.05, 4.69) is 10.3 Å². The summed E-state index contributed by atoms with van der Waals surface area (Å²) < 4.78 is 25.6. The van der Waals surface area contributed by atoms with Gasteiger partial charge < -0.3 is 5.32 Å². The second-order valence-corrected chi connectivity index (χ2v) is 4.09. The van der Waals surface area contributed by atoms with E-state index in [0.717, 1.165) is 18.9 Å². The summed E-state index contributed by atoms with van der Waals surface area (Å²) >= 11 is 0. The van der Waals surface area contributed by atoms with Gasteiger partial charge in [0.25, 0.3) is 0 Å². The minimum Gasteiger partial charge on any atom is -0.322 e. The Labute approximate surface area is 91.9 Å². The number of nitrogens with one attached hydrogen (secondary N) is 1. The molecule has 0 aromatic carbocycles. The van der Waals surface area contributed by atoms with Crippen LogP contribution < -0.4 is 5.32 Å². The van der Waals surface area contributed by atoms with Crippen LogP contribution >= 0.6 is 0 Å². The second kappa shape index (κ2) is 4.15. The first-order valence-corrected chi connectivity index (χ1v) is 5.21. The van der Waals surface area contributed by atoms with Gasteiger partial charge in [-0.15, -0.1) is 0 Å². The van der Waals surface area contributed by atoms with E-state index >= 15 is 0 Å². The molecule has 0 radical (unpaired) electrons. The van der Waals surface area contributed by atoms with Gasteiger partial charge in [-0.2, -0.15) is 13.8 Å². The fourth-order valence-corrected chi connectivity index (χ4v) is 1.56. The molecule has 0 saturated heterocycles. The molecule has 1 unspecified atom stereocenters. The molecule has 0 aliphatic heterocycles. The smallest absolute Gasteiger partial charge is 0.239 e. The maximum Gasteiger partial charge on any atom is 0.239 e. The number of amides is 1. The third kappa shape index (κ3) is 2.35. The summed E-state index contributed by atoms with van der Waals surface area (Å²) in [5, 5.41) is 2.42. The highest BCUT2D eigenvalue weighted by molar-refractivity contribution is 5.92. The third-order valence-corrected chi connectivity index (χ3v) is 2.82. The van der Waals surface area contributed by atoms with Crippen molar-refractivity contribution in [2.24, 2.45) is 11.8 Å². The number of nitrogens with zero attached hydrogens (tertiary/aromatic N) is 1. The highest BCUT2D eigenvalue weighted by Gasteiger charge is 2.32. The molecule has 1 aromatic rings. The molecule has 1 heterocycles. The molecule has 0 bridgehead atoms. The summed E-state index contributed by atoms with van der Waals surface area (Å²) in [5.74, 6) is -1.86.